The maximum atomic E-state index is 12.3. The van der Waals surface area contributed by atoms with Gasteiger partial charge in [0.25, 0.3) is 0 Å². The van der Waals surface area contributed by atoms with Crippen molar-refractivity contribution < 1.29 is 14.0 Å². The Morgan fingerprint density at radius 1 is 0.970 bits per heavy atom. The Kier molecular flexibility index (Phi) is 7.15. The maximum Gasteiger partial charge on any atom is 0.248 e. The summed E-state index contributed by atoms with van der Waals surface area (Å²) in [4.78, 5) is 28.3. The molecule has 0 bridgehead atoms. The summed E-state index contributed by atoms with van der Waals surface area (Å²) in [6.45, 7) is 4.98. The molecule has 3 aromatic rings. The van der Waals surface area contributed by atoms with Gasteiger partial charge in [0, 0.05) is 60.6 Å². The Labute approximate surface area is 198 Å². The summed E-state index contributed by atoms with van der Waals surface area (Å²) in [5.74, 6) is 1.27. The first-order valence-corrected chi connectivity index (χ1v) is 11.4. The normalized spacial score (nSPS) is 14.0. The fourth-order valence-electron chi connectivity index (χ4n) is 3.75. The smallest absolute Gasteiger partial charge is 0.248 e. The summed E-state index contributed by atoms with van der Waals surface area (Å²) in [6, 6.07) is 18.8. The first-order valence-electron chi connectivity index (χ1n) is 11.0. The zero-order valence-corrected chi connectivity index (χ0v) is 19.2. The van der Waals surface area contributed by atoms with E-state index in [-0.39, 0.29) is 11.8 Å². The number of hydrogen-bond acceptors (Lipinski definition) is 4. The van der Waals surface area contributed by atoms with Crippen molar-refractivity contribution in [3.05, 3.63) is 77.5 Å². The molecule has 0 unspecified atom stereocenters. The molecular weight excluding hydrogens is 438 g/mol. The third kappa shape index (κ3) is 5.84. The number of furan rings is 1. The van der Waals surface area contributed by atoms with Crippen LogP contribution in [0, 0.1) is 0 Å². The van der Waals surface area contributed by atoms with Crippen LogP contribution in [0.5, 0.6) is 0 Å². The van der Waals surface area contributed by atoms with Crippen LogP contribution >= 0.6 is 11.6 Å². The van der Waals surface area contributed by atoms with Crippen molar-refractivity contribution in [2.45, 2.75) is 13.3 Å². The van der Waals surface area contributed by atoms with Crippen LogP contribution in [0.4, 0.5) is 11.4 Å². The Balaban J connectivity index is 1.30. The summed E-state index contributed by atoms with van der Waals surface area (Å²) in [7, 11) is 0. The largest absolute Gasteiger partial charge is 0.457 e. The van der Waals surface area contributed by atoms with Gasteiger partial charge >= 0.3 is 0 Å². The molecule has 1 N–H and O–H groups in total. The average molecular weight is 464 g/mol. The van der Waals surface area contributed by atoms with Crippen molar-refractivity contribution in [1.29, 1.82) is 0 Å². The van der Waals surface area contributed by atoms with Gasteiger partial charge in [-0.15, -0.1) is 0 Å². The lowest BCUT2D eigenvalue weighted by Crippen LogP contribution is -2.48. The van der Waals surface area contributed by atoms with Gasteiger partial charge in [-0.2, -0.15) is 0 Å². The molecule has 4 rings (SSSR count). The molecule has 7 heteroatoms. The summed E-state index contributed by atoms with van der Waals surface area (Å²) >= 11 is 5.92. The zero-order chi connectivity index (χ0) is 23.2. The highest BCUT2D eigenvalue weighted by Gasteiger charge is 2.20. The van der Waals surface area contributed by atoms with Gasteiger partial charge in [-0.05, 0) is 66.7 Å². The van der Waals surface area contributed by atoms with Gasteiger partial charge in [-0.3, -0.25) is 9.59 Å². The lowest BCUT2D eigenvalue weighted by atomic mass is 10.2. The van der Waals surface area contributed by atoms with E-state index >= 15 is 0 Å². The molecule has 1 fully saturated rings. The number of piperazine rings is 1. The van der Waals surface area contributed by atoms with Gasteiger partial charge in [0.05, 0.1) is 0 Å². The molecule has 0 radical (unpaired) electrons. The molecule has 170 valence electrons. The van der Waals surface area contributed by atoms with Crippen molar-refractivity contribution in [2.24, 2.45) is 0 Å². The number of hydrogen-bond donors (Lipinski definition) is 1. The number of rotatable bonds is 6. The molecule has 0 aliphatic carbocycles. The molecule has 33 heavy (non-hydrogen) atoms. The van der Waals surface area contributed by atoms with Gasteiger partial charge in [-0.1, -0.05) is 18.5 Å². The van der Waals surface area contributed by atoms with Crippen molar-refractivity contribution in [3.63, 3.8) is 0 Å². The molecule has 0 saturated carbocycles. The quantitative estimate of drug-likeness (QED) is 0.503. The van der Waals surface area contributed by atoms with Crippen LogP contribution in [-0.2, 0) is 9.59 Å². The van der Waals surface area contributed by atoms with Gasteiger partial charge < -0.3 is 19.5 Å². The number of carbonyl (C=O) groups excluding carboxylic acids is 2. The molecule has 1 aliphatic heterocycles. The Hall–Kier alpha value is -3.51. The first kappa shape index (κ1) is 22.7. The van der Waals surface area contributed by atoms with E-state index in [0.717, 1.165) is 43.1 Å². The highest BCUT2D eigenvalue weighted by Crippen LogP contribution is 2.24. The molecule has 6 nitrogen and oxygen atoms in total. The predicted octanol–water partition coefficient (Wildman–Crippen LogP) is 5.31. The van der Waals surface area contributed by atoms with Crippen molar-refractivity contribution >= 4 is 40.9 Å². The van der Waals surface area contributed by atoms with E-state index in [4.69, 9.17) is 16.0 Å². The molecule has 2 amide bonds. The second kappa shape index (κ2) is 10.4. The molecule has 2 heterocycles. The third-order valence-electron chi connectivity index (χ3n) is 5.59. The number of halogens is 1. The van der Waals surface area contributed by atoms with Gasteiger partial charge in [0.15, 0.2) is 0 Å². The SMILES string of the molecule is CCC(=O)N1CCN(c2ccc(NC(=O)C=Cc3ccc(-c4ccc(Cl)cc4)o3)cc2)CC1. The fraction of sp³-hybridized carbons (Fsp3) is 0.231. The van der Waals surface area contributed by atoms with E-state index in [9.17, 15) is 9.59 Å². The summed E-state index contributed by atoms with van der Waals surface area (Å²) in [5, 5.41) is 3.53. The van der Waals surface area contributed by atoms with Crippen LogP contribution < -0.4 is 10.2 Å². The van der Waals surface area contributed by atoms with Crippen LogP contribution in [0.25, 0.3) is 17.4 Å². The van der Waals surface area contributed by atoms with Crippen LogP contribution in [0.3, 0.4) is 0 Å². The van der Waals surface area contributed by atoms with E-state index in [1.54, 1.807) is 18.2 Å². The second-order valence-electron chi connectivity index (χ2n) is 7.80. The molecule has 1 aliphatic rings. The van der Waals surface area contributed by atoms with Crippen LogP contribution in [0.2, 0.25) is 5.02 Å². The number of nitrogens with zero attached hydrogens (tertiary/aromatic N) is 2. The minimum absolute atomic E-state index is 0.205. The van der Waals surface area contributed by atoms with E-state index in [1.807, 2.05) is 60.4 Å². The standard InChI is InChI=1S/C26H26ClN3O3/c1-2-26(32)30-17-15-29(16-18-30)22-9-7-21(8-10-22)28-25(31)14-12-23-11-13-24(33-23)19-3-5-20(27)6-4-19/h3-14H,2,15-18H2,1H3,(H,28,31). The highest BCUT2D eigenvalue weighted by molar-refractivity contribution is 6.30. The third-order valence-corrected chi connectivity index (χ3v) is 5.84. The van der Waals surface area contributed by atoms with E-state index in [2.05, 4.69) is 10.2 Å². The zero-order valence-electron chi connectivity index (χ0n) is 18.5. The number of anilines is 2. The van der Waals surface area contributed by atoms with Crippen LogP contribution in [0.15, 0.2) is 71.2 Å². The summed E-state index contributed by atoms with van der Waals surface area (Å²) < 4.78 is 5.78. The Morgan fingerprint density at radius 2 is 1.67 bits per heavy atom. The number of benzene rings is 2. The van der Waals surface area contributed by atoms with Crippen molar-refractivity contribution in [2.75, 3.05) is 36.4 Å². The number of amides is 2. The second-order valence-corrected chi connectivity index (χ2v) is 8.24. The van der Waals surface area contributed by atoms with Gasteiger partial charge in [-0.25, -0.2) is 0 Å². The van der Waals surface area contributed by atoms with Gasteiger partial charge in [0.2, 0.25) is 11.8 Å². The van der Waals surface area contributed by atoms with Gasteiger partial charge in [0.1, 0.15) is 11.5 Å². The molecule has 0 spiro atoms. The van der Waals surface area contributed by atoms with E-state index in [0.29, 0.717) is 23.0 Å². The van der Waals surface area contributed by atoms with Crippen molar-refractivity contribution in [3.8, 4) is 11.3 Å². The molecule has 1 saturated heterocycles. The Morgan fingerprint density at radius 3 is 2.33 bits per heavy atom. The summed E-state index contributed by atoms with van der Waals surface area (Å²) in [6.07, 6.45) is 3.63. The number of carbonyl (C=O) groups is 2. The van der Waals surface area contributed by atoms with Crippen LogP contribution in [0.1, 0.15) is 19.1 Å². The fourth-order valence-corrected chi connectivity index (χ4v) is 3.87. The lowest BCUT2D eigenvalue weighted by molar-refractivity contribution is -0.131. The molecule has 2 aromatic carbocycles. The monoisotopic (exact) mass is 463 g/mol. The minimum atomic E-state index is -0.237. The highest BCUT2D eigenvalue weighted by atomic mass is 35.5. The topological polar surface area (TPSA) is 65.8 Å². The number of nitrogens with one attached hydrogen (secondary N) is 1. The van der Waals surface area contributed by atoms with E-state index in [1.165, 1.54) is 6.08 Å². The summed E-state index contributed by atoms with van der Waals surface area (Å²) in [5.41, 5.74) is 2.72. The maximum absolute atomic E-state index is 12.3. The molecule has 1 aromatic heterocycles. The van der Waals surface area contributed by atoms with Crippen molar-refractivity contribution in [1.82, 2.24) is 4.90 Å². The van der Waals surface area contributed by atoms with E-state index < -0.39 is 0 Å². The predicted molar refractivity (Wildman–Crippen MR) is 132 cm³/mol. The molecule has 0 atom stereocenters. The average Bonchev–Trinajstić information content (AvgIpc) is 3.32. The molecular formula is C26H26ClN3O3. The Bertz CT molecular complexity index is 1130. The first-order chi connectivity index (χ1) is 16.0. The van der Waals surface area contributed by atoms with Crippen LogP contribution in [-0.4, -0.2) is 42.9 Å². The minimum Gasteiger partial charge on any atom is -0.457 e. The lowest BCUT2D eigenvalue weighted by Gasteiger charge is -2.36.